The molecule has 1 aromatic heterocycles. The van der Waals surface area contributed by atoms with Crippen molar-refractivity contribution in [3.8, 4) is 5.69 Å². The maximum Gasteiger partial charge on any atom is 0.110 e. The molecule has 3 nitrogen and oxygen atoms in total. The summed E-state index contributed by atoms with van der Waals surface area (Å²) in [5.74, 6) is 0.955. The molecule has 1 N–H and O–H groups in total. The van der Waals surface area contributed by atoms with Crippen LogP contribution >= 0.6 is 11.6 Å². The Hall–Kier alpha value is -1.32. The number of aryl methyl sites for hydroxylation is 1. The Morgan fingerprint density at radius 1 is 1.32 bits per heavy atom. The molecular formula is C15H20ClN3. The van der Waals surface area contributed by atoms with Crippen molar-refractivity contribution in [2.24, 2.45) is 0 Å². The lowest BCUT2D eigenvalue weighted by atomic mass is 10.1. The second-order valence-corrected chi connectivity index (χ2v) is 6.13. The highest BCUT2D eigenvalue weighted by Gasteiger charge is 2.10. The zero-order chi connectivity index (χ0) is 14.0. The van der Waals surface area contributed by atoms with Crippen LogP contribution in [0.25, 0.3) is 5.69 Å². The summed E-state index contributed by atoms with van der Waals surface area (Å²) in [7, 11) is 0. The number of nitrogens with zero attached hydrogens (tertiary/aromatic N) is 2. The number of rotatable bonds is 3. The van der Waals surface area contributed by atoms with Gasteiger partial charge >= 0.3 is 0 Å². The largest absolute Gasteiger partial charge is 0.308 e. The molecule has 0 fully saturated rings. The predicted molar refractivity (Wildman–Crippen MR) is 79.9 cm³/mol. The highest BCUT2D eigenvalue weighted by Crippen LogP contribution is 2.21. The Morgan fingerprint density at radius 2 is 2.05 bits per heavy atom. The average Bonchev–Trinajstić information content (AvgIpc) is 2.72. The van der Waals surface area contributed by atoms with E-state index in [0.29, 0.717) is 0 Å². The van der Waals surface area contributed by atoms with Crippen molar-refractivity contribution in [1.29, 1.82) is 0 Å². The van der Waals surface area contributed by atoms with E-state index in [2.05, 4.69) is 43.2 Å². The molecular weight excluding hydrogens is 258 g/mol. The van der Waals surface area contributed by atoms with Gasteiger partial charge in [-0.3, -0.25) is 0 Å². The maximum absolute atomic E-state index is 6.35. The quantitative estimate of drug-likeness (QED) is 0.927. The fourth-order valence-corrected chi connectivity index (χ4v) is 2.08. The topological polar surface area (TPSA) is 29.9 Å². The van der Waals surface area contributed by atoms with Gasteiger partial charge in [-0.25, -0.2) is 4.98 Å². The van der Waals surface area contributed by atoms with Gasteiger partial charge in [0.2, 0.25) is 0 Å². The van der Waals surface area contributed by atoms with Crippen molar-refractivity contribution < 1.29 is 0 Å². The molecule has 0 bridgehead atoms. The van der Waals surface area contributed by atoms with Gasteiger partial charge in [0, 0.05) is 35.2 Å². The zero-order valence-corrected chi connectivity index (χ0v) is 12.6. The lowest BCUT2D eigenvalue weighted by molar-refractivity contribution is 0.424. The van der Waals surface area contributed by atoms with Crippen molar-refractivity contribution in [1.82, 2.24) is 14.9 Å². The first-order valence-corrected chi connectivity index (χ1v) is 6.78. The van der Waals surface area contributed by atoms with E-state index in [1.165, 1.54) is 0 Å². The van der Waals surface area contributed by atoms with Crippen LogP contribution in [0.2, 0.25) is 5.02 Å². The molecule has 0 spiro atoms. The highest BCUT2D eigenvalue weighted by molar-refractivity contribution is 6.31. The monoisotopic (exact) mass is 277 g/mol. The summed E-state index contributed by atoms with van der Waals surface area (Å²) in [6.45, 7) is 9.17. The molecule has 1 aromatic carbocycles. The van der Waals surface area contributed by atoms with Crippen molar-refractivity contribution in [3.05, 3.63) is 47.0 Å². The number of benzene rings is 1. The first-order chi connectivity index (χ1) is 8.87. The molecule has 4 heteroatoms. The van der Waals surface area contributed by atoms with Crippen molar-refractivity contribution in [3.63, 3.8) is 0 Å². The van der Waals surface area contributed by atoms with Crippen molar-refractivity contribution in [2.45, 2.75) is 39.8 Å². The third-order valence-corrected chi connectivity index (χ3v) is 3.30. The number of nitrogens with one attached hydrogen (secondary N) is 1. The van der Waals surface area contributed by atoms with Crippen LogP contribution < -0.4 is 5.32 Å². The van der Waals surface area contributed by atoms with Crippen LogP contribution in [0, 0.1) is 6.92 Å². The summed E-state index contributed by atoms with van der Waals surface area (Å²) in [5, 5.41) is 4.22. The molecule has 0 saturated carbocycles. The van der Waals surface area contributed by atoms with Gasteiger partial charge < -0.3 is 9.88 Å². The van der Waals surface area contributed by atoms with E-state index in [9.17, 15) is 0 Å². The number of hydrogen-bond donors (Lipinski definition) is 1. The van der Waals surface area contributed by atoms with E-state index in [1.807, 2.05) is 23.8 Å². The Kier molecular flexibility index (Phi) is 3.97. The van der Waals surface area contributed by atoms with Crippen LogP contribution in [-0.2, 0) is 6.54 Å². The molecule has 102 valence electrons. The van der Waals surface area contributed by atoms with Crippen LogP contribution in [0.3, 0.4) is 0 Å². The Labute approximate surface area is 119 Å². The SMILES string of the molecule is Cc1nccn1-c1ccc(CNC(C)(C)C)c(Cl)c1. The van der Waals surface area contributed by atoms with Crippen LogP contribution in [0.5, 0.6) is 0 Å². The predicted octanol–water partition coefficient (Wildman–Crippen LogP) is 3.72. The highest BCUT2D eigenvalue weighted by atomic mass is 35.5. The maximum atomic E-state index is 6.35. The minimum Gasteiger partial charge on any atom is -0.308 e. The normalized spacial score (nSPS) is 11.8. The molecule has 19 heavy (non-hydrogen) atoms. The summed E-state index contributed by atoms with van der Waals surface area (Å²) in [6.07, 6.45) is 3.73. The first kappa shape index (κ1) is 14.1. The molecule has 2 rings (SSSR count). The zero-order valence-electron chi connectivity index (χ0n) is 11.9. The summed E-state index contributed by atoms with van der Waals surface area (Å²) < 4.78 is 2.02. The lowest BCUT2D eigenvalue weighted by Gasteiger charge is -2.21. The second kappa shape index (κ2) is 5.35. The smallest absolute Gasteiger partial charge is 0.110 e. The standard InChI is InChI=1S/C15H20ClN3/c1-11-17-7-8-19(11)13-6-5-12(14(16)9-13)10-18-15(2,3)4/h5-9,18H,10H2,1-4H3. The number of halogens is 1. The number of imidazole rings is 1. The summed E-state index contributed by atoms with van der Waals surface area (Å²) in [5.41, 5.74) is 2.24. The van der Waals surface area contributed by atoms with E-state index < -0.39 is 0 Å². The van der Waals surface area contributed by atoms with E-state index in [-0.39, 0.29) is 5.54 Å². The fourth-order valence-electron chi connectivity index (χ4n) is 1.84. The van der Waals surface area contributed by atoms with Gasteiger partial charge in [0.1, 0.15) is 5.82 Å². The number of aromatic nitrogens is 2. The van der Waals surface area contributed by atoms with Gasteiger partial charge in [0.05, 0.1) is 0 Å². The molecule has 0 amide bonds. The van der Waals surface area contributed by atoms with Gasteiger partial charge in [0.15, 0.2) is 0 Å². The Morgan fingerprint density at radius 3 is 2.58 bits per heavy atom. The summed E-state index contributed by atoms with van der Waals surface area (Å²) in [6, 6.07) is 6.12. The lowest BCUT2D eigenvalue weighted by Crippen LogP contribution is -2.35. The minimum absolute atomic E-state index is 0.0862. The fraction of sp³-hybridized carbons (Fsp3) is 0.400. The summed E-state index contributed by atoms with van der Waals surface area (Å²) >= 11 is 6.35. The van der Waals surface area contributed by atoms with E-state index >= 15 is 0 Å². The van der Waals surface area contributed by atoms with Gasteiger partial charge in [-0.15, -0.1) is 0 Å². The molecule has 0 unspecified atom stereocenters. The summed E-state index contributed by atoms with van der Waals surface area (Å²) in [4.78, 5) is 4.22. The van der Waals surface area contributed by atoms with E-state index in [4.69, 9.17) is 11.6 Å². The Balaban J connectivity index is 2.20. The molecule has 0 radical (unpaired) electrons. The van der Waals surface area contributed by atoms with E-state index in [1.54, 1.807) is 6.20 Å². The minimum atomic E-state index is 0.0862. The van der Waals surface area contributed by atoms with Gasteiger partial charge in [-0.1, -0.05) is 17.7 Å². The molecule has 0 atom stereocenters. The van der Waals surface area contributed by atoms with Crippen LogP contribution in [0.15, 0.2) is 30.6 Å². The molecule has 0 saturated heterocycles. The molecule has 1 heterocycles. The van der Waals surface area contributed by atoms with Gasteiger partial charge in [0.25, 0.3) is 0 Å². The first-order valence-electron chi connectivity index (χ1n) is 6.40. The third kappa shape index (κ3) is 3.58. The third-order valence-electron chi connectivity index (χ3n) is 2.95. The molecule has 0 aliphatic heterocycles. The molecule has 0 aliphatic rings. The van der Waals surface area contributed by atoms with Gasteiger partial charge in [-0.2, -0.15) is 0 Å². The van der Waals surface area contributed by atoms with E-state index in [0.717, 1.165) is 28.6 Å². The molecule has 0 aliphatic carbocycles. The van der Waals surface area contributed by atoms with Crippen LogP contribution in [-0.4, -0.2) is 15.1 Å². The number of hydrogen-bond acceptors (Lipinski definition) is 2. The van der Waals surface area contributed by atoms with Gasteiger partial charge in [-0.05, 0) is 45.4 Å². The van der Waals surface area contributed by atoms with Crippen LogP contribution in [0.1, 0.15) is 32.2 Å². The second-order valence-electron chi connectivity index (χ2n) is 5.72. The Bertz CT molecular complexity index is 567. The average molecular weight is 278 g/mol. The van der Waals surface area contributed by atoms with Crippen LogP contribution in [0.4, 0.5) is 0 Å². The van der Waals surface area contributed by atoms with Crippen molar-refractivity contribution >= 4 is 11.6 Å². The van der Waals surface area contributed by atoms with Crippen molar-refractivity contribution in [2.75, 3.05) is 0 Å². The molecule has 2 aromatic rings.